The van der Waals surface area contributed by atoms with Gasteiger partial charge in [0.2, 0.25) is 0 Å². The summed E-state index contributed by atoms with van der Waals surface area (Å²) in [7, 11) is 4.10. The van der Waals surface area contributed by atoms with E-state index < -0.39 is 0 Å². The van der Waals surface area contributed by atoms with Crippen molar-refractivity contribution in [3.05, 3.63) is 65.2 Å². The fraction of sp³-hybridized carbons (Fsp3) is 0.705. The number of nitrogens with one attached hydrogen (secondary N) is 1. The quantitative estimate of drug-likeness (QED) is 0.328. The summed E-state index contributed by atoms with van der Waals surface area (Å²) in [4.78, 5) is 15.3. The lowest BCUT2D eigenvalue weighted by atomic mass is 9.36. The Balaban J connectivity index is 1.03. The molecule has 2 aromatic carbocycles. The zero-order valence-corrected chi connectivity index (χ0v) is 30.8. The molecule has 0 heterocycles. The summed E-state index contributed by atoms with van der Waals surface area (Å²) in [5, 5.41) is 3.17. The van der Waals surface area contributed by atoms with Crippen LogP contribution in [0.15, 0.2) is 48.5 Å². The Morgan fingerprint density at radius 1 is 0.809 bits per heavy atom. The number of nitrogens with zero attached hydrogens (tertiary/aromatic N) is 1. The lowest BCUT2D eigenvalue weighted by Gasteiger charge is -2.69. The highest BCUT2D eigenvalue weighted by Crippen LogP contribution is 2.73. The third-order valence-corrected chi connectivity index (χ3v) is 15.8. The third-order valence-electron chi connectivity index (χ3n) is 15.8. The summed E-state index contributed by atoms with van der Waals surface area (Å²) in [6, 6.07) is 17.0. The first-order valence-corrected chi connectivity index (χ1v) is 19.5. The lowest BCUT2D eigenvalue weighted by molar-refractivity contribution is -0.198. The largest absolute Gasteiger partial charge is 0.378 e. The van der Waals surface area contributed by atoms with Crippen LogP contribution in [0, 0.1) is 57.2 Å². The second-order valence-corrected chi connectivity index (χ2v) is 18.7. The molecule has 0 radical (unpaired) electrons. The van der Waals surface area contributed by atoms with Crippen molar-refractivity contribution in [1.29, 1.82) is 0 Å². The molecule has 2 aromatic rings. The topological polar surface area (TPSA) is 32.3 Å². The molecule has 5 aliphatic carbocycles. The molecule has 1 N–H and O–H groups in total. The average molecular weight is 637 g/mol. The van der Waals surface area contributed by atoms with E-state index >= 15 is 0 Å². The van der Waals surface area contributed by atoms with Gasteiger partial charge in [-0.3, -0.25) is 4.79 Å². The van der Waals surface area contributed by atoms with Crippen molar-refractivity contribution in [3.8, 4) is 0 Å². The maximum atomic E-state index is 13.2. The smallest absolute Gasteiger partial charge is 0.251 e. The van der Waals surface area contributed by atoms with Crippen molar-refractivity contribution in [2.75, 3.05) is 19.0 Å². The number of amides is 1. The normalized spacial score (nSPS) is 38.8. The van der Waals surface area contributed by atoms with Crippen molar-refractivity contribution < 1.29 is 4.79 Å². The van der Waals surface area contributed by atoms with Gasteiger partial charge >= 0.3 is 0 Å². The Labute approximate surface area is 287 Å². The molecule has 3 nitrogen and oxygen atoms in total. The molecular formula is C44H64N2O. The van der Waals surface area contributed by atoms with E-state index in [4.69, 9.17) is 0 Å². The highest BCUT2D eigenvalue weighted by atomic mass is 16.1. The number of carbonyl (C=O) groups excluding carboxylic acids is 1. The van der Waals surface area contributed by atoms with Crippen LogP contribution < -0.4 is 10.2 Å². The van der Waals surface area contributed by atoms with E-state index in [1.54, 1.807) is 0 Å². The first-order valence-electron chi connectivity index (χ1n) is 19.5. The molecule has 3 heteroatoms. The van der Waals surface area contributed by atoms with Crippen molar-refractivity contribution in [1.82, 2.24) is 5.32 Å². The van der Waals surface area contributed by atoms with Crippen LogP contribution in [0.25, 0.3) is 0 Å². The number of aryl methyl sites for hydroxylation is 1. The summed E-state index contributed by atoms with van der Waals surface area (Å²) >= 11 is 0. The Hall–Kier alpha value is -2.29. The third kappa shape index (κ3) is 5.68. The number of rotatable bonds is 7. The van der Waals surface area contributed by atoms with E-state index in [0.29, 0.717) is 28.2 Å². The van der Waals surface area contributed by atoms with E-state index in [1.807, 2.05) is 6.07 Å². The van der Waals surface area contributed by atoms with Crippen LogP contribution in [0.3, 0.4) is 0 Å². The minimum absolute atomic E-state index is 0.0318. The van der Waals surface area contributed by atoms with Gasteiger partial charge in [-0.15, -0.1) is 0 Å². The molecule has 5 aliphatic rings. The van der Waals surface area contributed by atoms with Gasteiger partial charge in [0.25, 0.3) is 5.91 Å². The van der Waals surface area contributed by atoms with Crippen LogP contribution >= 0.6 is 0 Å². The second-order valence-electron chi connectivity index (χ2n) is 18.7. The van der Waals surface area contributed by atoms with Crippen molar-refractivity contribution in [3.63, 3.8) is 0 Å². The predicted molar refractivity (Wildman–Crippen MR) is 197 cm³/mol. The molecule has 9 unspecified atom stereocenters. The van der Waals surface area contributed by atoms with Gasteiger partial charge < -0.3 is 10.2 Å². The van der Waals surface area contributed by atoms with Gasteiger partial charge in [0, 0.05) is 31.9 Å². The van der Waals surface area contributed by atoms with Gasteiger partial charge in [-0.05, 0) is 170 Å². The van der Waals surface area contributed by atoms with Crippen LogP contribution in [0.1, 0.15) is 133 Å². The molecule has 1 amide bonds. The summed E-state index contributed by atoms with van der Waals surface area (Å²) in [5.41, 5.74) is 6.53. The highest BCUT2D eigenvalue weighted by molar-refractivity contribution is 5.94. The number of hydrogen-bond donors (Lipinski definition) is 1. The number of benzene rings is 2. The molecule has 0 saturated heterocycles. The Bertz CT molecular complexity index is 1440. The van der Waals surface area contributed by atoms with Gasteiger partial charge in [-0.25, -0.2) is 0 Å². The van der Waals surface area contributed by atoms with Crippen LogP contribution in [-0.2, 0) is 13.0 Å². The number of anilines is 1. The highest BCUT2D eigenvalue weighted by Gasteiger charge is 2.65. The minimum atomic E-state index is 0.0318. The summed E-state index contributed by atoms with van der Waals surface area (Å²) in [6.45, 7) is 13.9. The maximum absolute atomic E-state index is 13.2. The average Bonchev–Trinajstić information content (AvgIpc) is 3.39. The predicted octanol–water partition coefficient (Wildman–Crippen LogP) is 10.7. The van der Waals surface area contributed by atoms with Gasteiger partial charge in [0.15, 0.2) is 0 Å². The first-order chi connectivity index (χ1) is 22.4. The van der Waals surface area contributed by atoms with E-state index in [2.05, 4.69) is 101 Å². The molecule has 256 valence electrons. The van der Waals surface area contributed by atoms with Crippen molar-refractivity contribution >= 4 is 11.6 Å². The van der Waals surface area contributed by atoms with Crippen LogP contribution in [0.4, 0.5) is 5.69 Å². The van der Waals surface area contributed by atoms with Gasteiger partial charge in [0.1, 0.15) is 0 Å². The van der Waals surface area contributed by atoms with E-state index in [-0.39, 0.29) is 5.91 Å². The molecule has 7 rings (SSSR count). The number of carbonyl (C=O) groups is 1. The first kappa shape index (κ1) is 33.2. The zero-order valence-electron chi connectivity index (χ0n) is 30.8. The van der Waals surface area contributed by atoms with E-state index in [0.717, 1.165) is 53.1 Å². The monoisotopic (exact) mass is 637 g/mol. The van der Waals surface area contributed by atoms with Crippen LogP contribution in [0.2, 0.25) is 0 Å². The van der Waals surface area contributed by atoms with Gasteiger partial charge in [0.05, 0.1) is 0 Å². The Morgan fingerprint density at radius 2 is 1.57 bits per heavy atom. The standard InChI is InChI=1S/C44H64N2O/c1-30-18-25-44(26-19-31-10-8-11-33(28-31)40(47)45-29-32-12-14-34(15-13-32)46(6)7)27-20-36-35(39(30)44)16-17-38-42(36,4)24-21-37-41(2,3)22-9-23-43(37,38)5/h8,10-15,28,30,35-39H,9,16-27,29H2,1-7H3,(H,45,47). The minimum Gasteiger partial charge on any atom is -0.378 e. The fourth-order valence-electron chi connectivity index (χ4n) is 13.8. The number of hydrogen-bond acceptors (Lipinski definition) is 2. The second kappa shape index (κ2) is 12.2. The molecule has 5 saturated carbocycles. The molecule has 0 bridgehead atoms. The van der Waals surface area contributed by atoms with Crippen LogP contribution in [0.5, 0.6) is 0 Å². The SMILES string of the molecule is CC1CCC2(CCc3cccc(C(=O)NCc4ccc(N(C)C)cc4)c3)CCC3C(CCC4C3(C)CCC3C(C)(C)CCCC34C)C12. The van der Waals surface area contributed by atoms with E-state index in [9.17, 15) is 4.79 Å². The molecule has 0 aliphatic heterocycles. The lowest BCUT2D eigenvalue weighted by Crippen LogP contribution is -2.61. The van der Waals surface area contributed by atoms with Gasteiger partial charge in [-0.1, -0.05) is 65.3 Å². The van der Waals surface area contributed by atoms with Gasteiger partial charge in [-0.2, -0.15) is 0 Å². The van der Waals surface area contributed by atoms with E-state index in [1.165, 1.54) is 88.3 Å². The molecule has 47 heavy (non-hydrogen) atoms. The molecule has 5 fully saturated rings. The molecule has 9 atom stereocenters. The summed E-state index contributed by atoms with van der Waals surface area (Å²) in [5.74, 6) is 5.45. The van der Waals surface area contributed by atoms with Crippen LogP contribution in [-0.4, -0.2) is 20.0 Å². The fourth-order valence-corrected chi connectivity index (χ4v) is 13.8. The van der Waals surface area contributed by atoms with Crippen molar-refractivity contribution in [2.24, 2.45) is 57.2 Å². The Morgan fingerprint density at radius 3 is 2.34 bits per heavy atom. The molecule has 0 aromatic heterocycles. The maximum Gasteiger partial charge on any atom is 0.251 e. The summed E-state index contributed by atoms with van der Waals surface area (Å²) in [6.07, 6.45) is 18.4. The number of fused-ring (bicyclic) bond motifs is 7. The summed E-state index contributed by atoms with van der Waals surface area (Å²) < 4.78 is 0. The Kier molecular flexibility index (Phi) is 8.65. The zero-order chi connectivity index (χ0) is 33.2. The van der Waals surface area contributed by atoms with Crippen molar-refractivity contribution in [2.45, 2.75) is 125 Å². The molecule has 0 spiro atoms. The molecular weight excluding hydrogens is 572 g/mol.